The van der Waals surface area contributed by atoms with Crippen LogP contribution in [0.5, 0.6) is 0 Å². The first-order valence-electron chi connectivity index (χ1n) is 11.0. The average molecular weight is 382 g/mol. The number of carbonyl (C=O) groups excluding carboxylic acids is 2. The lowest BCUT2D eigenvalue weighted by molar-refractivity contribution is -0.144. The van der Waals surface area contributed by atoms with Crippen LogP contribution in [0.2, 0.25) is 0 Å². The molecule has 6 rings (SSSR count). The van der Waals surface area contributed by atoms with Crippen molar-refractivity contribution >= 4 is 17.5 Å². The molecule has 0 aromatic heterocycles. The first-order valence-corrected chi connectivity index (χ1v) is 11.0. The van der Waals surface area contributed by atoms with Gasteiger partial charge >= 0.3 is 0 Å². The zero-order valence-corrected chi connectivity index (χ0v) is 16.7. The van der Waals surface area contributed by atoms with Crippen LogP contribution in [0.25, 0.3) is 0 Å². The molecule has 4 atom stereocenters. The number of rotatable bonds is 2. The van der Waals surface area contributed by atoms with Crippen LogP contribution in [-0.4, -0.2) is 35.5 Å². The third kappa shape index (κ3) is 2.82. The van der Waals surface area contributed by atoms with E-state index in [1.54, 1.807) is 0 Å². The molecule has 4 saturated carbocycles. The van der Waals surface area contributed by atoms with Crippen molar-refractivity contribution in [1.82, 2.24) is 10.2 Å². The first-order chi connectivity index (χ1) is 13.6. The second-order valence-electron chi connectivity index (χ2n) is 9.42. The van der Waals surface area contributed by atoms with E-state index in [2.05, 4.69) is 15.5 Å². The van der Waals surface area contributed by atoms with Crippen molar-refractivity contribution in [2.24, 2.45) is 17.8 Å². The Morgan fingerprint density at radius 3 is 2.61 bits per heavy atom. The number of carbonyl (C=O) groups is 2. The second kappa shape index (κ2) is 6.78. The summed E-state index contributed by atoms with van der Waals surface area (Å²) in [6, 6.07) is 8.18. The van der Waals surface area contributed by atoms with E-state index < -0.39 is 0 Å². The van der Waals surface area contributed by atoms with Crippen molar-refractivity contribution in [2.75, 3.05) is 12.4 Å². The number of fused-ring (bicyclic) bond motifs is 3. The molecule has 2 N–H and O–H groups in total. The maximum absolute atomic E-state index is 13.3. The topological polar surface area (TPSA) is 61.4 Å². The van der Waals surface area contributed by atoms with Crippen LogP contribution in [0.4, 0.5) is 5.69 Å². The SMILES string of the molecule is CN(C(=O)[C@H]1C[C@H]2CC[C@@H]1C[C@@]21NC(=O)c2ccccc2N1)C1CCCCC1. The van der Waals surface area contributed by atoms with Gasteiger partial charge in [-0.2, -0.15) is 0 Å². The highest BCUT2D eigenvalue weighted by molar-refractivity contribution is 6.02. The Morgan fingerprint density at radius 2 is 1.86 bits per heavy atom. The summed E-state index contributed by atoms with van der Waals surface area (Å²) < 4.78 is 0. The van der Waals surface area contributed by atoms with Crippen LogP contribution < -0.4 is 10.6 Å². The summed E-state index contributed by atoms with van der Waals surface area (Å²) in [6.45, 7) is 0. The first kappa shape index (κ1) is 18.0. The summed E-state index contributed by atoms with van der Waals surface area (Å²) in [4.78, 5) is 28.1. The summed E-state index contributed by atoms with van der Waals surface area (Å²) in [5.74, 6) is 1.14. The Balaban J connectivity index is 1.34. The van der Waals surface area contributed by atoms with E-state index in [-0.39, 0.29) is 17.5 Å². The van der Waals surface area contributed by atoms with Crippen LogP contribution in [-0.2, 0) is 4.79 Å². The van der Waals surface area contributed by atoms with Crippen molar-refractivity contribution in [1.29, 1.82) is 0 Å². The van der Waals surface area contributed by atoms with E-state index in [0.29, 0.717) is 23.8 Å². The van der Waals surface area contributed by atoms with E-state index in [9.17, 15) is 9.59 Å². The highest BCUT2D eigenvalue weighted by atomic mass is 16.2. The van der Waals surface area contributed by atoms with Gasteiger partial charge in [0.25, 0.3) is 5.91 Å². The quantitative estimate of drug-likeness (QED) is 0.820. The van der Waals surface area contributed by atoms with Gasteiger partial charge in [-0.25, -0.2) is 0 Å². The molecule has 0 radical (unpaired) electrons. The van der Waals surface area contributed by atoms with Crippen LogP contribution in [0, 0.1) is 17.8 Å². The van der Waals surface area contributed by atoms with Gasteiger partial charge in [-0.15, -0.1) is 0 Å². The molecule has 0 saturated heterocycles. The lowest BCUT2D eigenvalue weighted by Crippen LogP contribution is -2.68. The van der Waals surface area contributed by atoms with Gasteiger partial charge in [0.05, 0.1) is 5.56 Å². The van der Waals surface area contributed by atoms with Crippen LogP contribution in [0.3, 0.4) is 0 Å². The number of amides is 2. The fourth-order valence-corrected chi connectivity index (χ4v) is 6.36. The van der Waals surface area contributed by atoms with Gasteiger partial charge in [0.2, 0.25) is 5.91 Å². The number of benzene rings is 1. The maximum Gasteiger partial charge on any atom is 0.255 e. The van der Waals surface area contributed by atoms with Gasteiger partial charge < -0.3 is 15.5 Å². The molecule has 1 aromatic carbocycles. The minimum atomic E-state index is -0.380. The van der Waals surface area contributed by atoms with Crippen molar-refractivity contribution in [3.05, 3.63) is 29.8 Å². The number of hydrogen-bond donors (Lipinski definition) is 2. The molecule has 2 amide bonds. The van der Waals surface area contributed by atoms with E-state index in [1.165, 1.54) is 19.3 Å². The number of anilines is 1. The molecular formula is C23H31N3O2. The van der Waals surface area contributed by atoms with Crippen molar-refractivity contribution in [2.45, 2.75) is 69.5 Å². The minimum absolute atomic E-state index is 0.0177. The molecule has 4 aliphatic carbocycles. The van der Waals surface area contributed by atoms with Crippen LogP contribution in [0.1, 0.15) is 68.1 Å². The Morgan fingerprint density at radius 1 is 1.07 bits per heavy atom. The zero-order chi connectivity index (χ0) is 19.3. The molecule has 1 spiro atoms. The Labute approximate surface area is 167 Å². The molecule has 2 bridgehead atoms. The highest BCUT2D eigenvalue weighted by Crippen LogP contribution is 2.52. The lowest BCUT2D eigenvalue weighted by Gasteiger charge is -2.57. The molecule has 1 heterocycles. The largest absolute Gasteiger partial charge is 0.362 e. The average Bonchev–Trinajstić information content (AvgIpc) is 2.73. The van der Waals surface area contributed by atoms with Gasteiger partial charge in [-0.1, -0.05) is 31.4 Å². The summed E-state index contributed by atoms with van der Waals surface area (Å²) in [5.41, 5.74) is 1.27. The van der Waals surface area contributed by atoms with E-state index in [4.69, 9.17) is 0 Å². The zero-order valence-electron chi connectivity index (χ0n) is 16.7. The van der Waals surface area contributed by atoms with E-state index in [1.807, 2.05) is 31.3 Å². The minimum Gasteiger partial charge on any atom is -0.362 e. The smallest absolute Gasteiger partial charge is 0.255 e. The molecule has 5 heteroatoms. The molecule has 1 aliphatic heterocycles. The Bertz CT molecular complexity index is 788. The third-order valence-electron chi connectivity index (χ3n) is 7.93. The predicted octanol–water partition coefficient (Wildman–Crippen LogP) is 3.77. The predicted molar refractivity (Wildman–Crippen MR) is 109 cm³/mol. The Hall–Kier alpha value is -2.04. The van der Waals surface area contributed by atoms with Crippen LogP contribution in [0.15, 0.2) is 24.3 Å². The lowest BCUT2D eigenvalue weighted by atomic mass is 9.58. The number of hydrogen-bond acceptors (Lipinski definition) is 3. The Kier molecular flexibility index (Phi) is 4.37. The van der Waals surface area contributed by atoms with E-state index >= 15 is 0 Å². The van der Waals surface area contributed by atoms with Gasteiger partial charge in [0.15, 0.2) is 0 Å². The molecule has 1 aromatic rings. The maximum atomic E-state index is 13.3. The molecular weight excluding hydrogens is 350 g/mol. The monoisotopic (exact) mass is 381 g/mol. The standard InChI is InChI=1S/C23H31N3O2/c1-26(17-7-3-2-4-8-17)22(28)19-13-16-12-11-15(19)14-23(16)24-20-10-6-5-9-18(20)21(27)25-23/h5-6,9-10,15-17,19,24H,2-4,7-8,11-14H2,1H3,(H,25,27)/t15-,16-,19+,23-/m1/s1. The summed E-state index contributed by atoms with van der Waals surface area (Å²) in [7, 11) is 2.02. The number of para-hydroxylation sites is 1. The van der Waals surface area contributed by atoms with Gasteiger partial charge in [-0.3, -0.25) is 9.59 Å². The van der Waals surface area contributed by atoms with Gasteiger partial charge in [-0.05, 0) is 56.6 Å². The van der Waals surface area contributed by atoms with Crippen molar-refractivity contribution < 1.29 is 9.59 Å². The summed E-state index contributed by atoms with van der Waals surface area (Å²) in [5, 5.41) is 6.97. The molecule has 150 valence electrons. The molecule has 4 fully saturated rings. The van der Waals surface area contributed by atoms with Crippen LogP contribution >= 0.6 is 0 Å². The molecule has 5 aliphatic rings. The second-order valence-corrected chi connectivity index (χ2v) is 9.42. The van der Waals surface area contributed by atoms with Crippen molar-refractivity contribution in [3.63, 3.8) is 0 Å². The number of nitrogens with one attached hydrogen (secondary N) is 2. The summed E-state index contributed by atoms with van der Waals surface area (Å²) in [6.07, 6.45) is 10.0. The van der Waals surface area contributed by atoms with E-state index in [0.717, 1.165) is 49.8 Å². The molecule has 5 nitrogen and oxygen atoms in total. The fourth-order valence-electron chi connectivity index (χ4n) is 6.36. The molecule has 28 heavy (non-hydrogen) atoms. The van der Waals surface area contributed by atoms with Crippen molar-refractivity contribution in [3.8, 4) is 0 Å². The fraction of sp³-hybridized carbons (Fsp3) is 0.652. The normalized spacial score (nSPS) is 34.5. The number of nitrogens with zero attached hydrogens (tertiary/aromatic N) is 1. The third-order valence-corrected chi connectivity index (χ3v) is 7.93. The highest BCUT2D eigenvalue weighted by Gasteiger charge is 2.55. The molecule has 0 unspecified atom stereocenters. The van der Waals surface area contributed by atoms with Gasteiger partial charge in [0.1, 0.15) is 5.66 Å². The van der Waals surface area contributed by atoms with Gasteiger partial charge in [0, 0.05) is 30.6 Å². The summed E-state index contributed by atoms with van der Waals surface area (Å²) >= 11 is 0.